The van der Waals surface area contributed by atoms with Gasteiger partial charge in [-0.05, 0) is 21.8 Å². The maximum absolute atomic E-state index is 5.10. The Morgan fingerprint density at radius 2 is 2.18 bits per heavy atom. The molecule has 11 heavy (non-hydrogen) atoms. The number of aromatic nitrogens is 1. The van der Waals surface area contributed by atoms with Gasteiger partial charge in [-0.1, -0.05) is 13.8 Å². The number of ether oxygens (including phenoxy) is 1. The van der Waals surface area contributed by atoms with E-state index >= 15 is 0 Å². The quantitative estimate of drug-likeness (QED) is 0.787. The lowest BCUT2D eigenvalue weighted by molar-refractivity contribution is 0.394. The van der Waals surface area contributed by atoms with E-state index in [0.717, 1.165) is 9.80 Å². The number of halogens is 1. The average molecular weight is 236 g/mol. The fraction of sp³-hybridized carbons (Fsp3) is 0.571. The van der Waals surface area contributed by atoms with Crippen LogP contribution in [-0.4, -0.2) is 12.1 Å². The number of methoxy groups -OCH3 is 1. The highest BCUT2D eigenvalue weighted by molar-refractivity contribution is 9.11. The molecular formula is C7H10BrNOS. The SMILES string of the molecule is COc1nc(Br)sc1C(C)C. The van der Waals surface area contributed by atoms with Gasteiger partial charge in [0.15, 0.2) is 3.92 Å². The Kier molecular flexibility index (Phi) is 2.90. The smallest absolute Gasteiger partial charge is 0.228 e. The third-order valence-corrected chi connectivity index (χ3v) is 3.10. The van der Waals surface area contributed by atoms with Crippen molar-refractivity contribution in [3.05, 3.63) is 8.79 Å². The van der Waals surface area contributed by atoms with Gasteiger partial charge in [0.25, 0.3) is 0 Å². The maximum atomic E-state index is 5.10. The molecule has 4 heteroatoms. The van der Waals surface area contributed by atoms with Crippen molar-refractivity contribution < 1.29 is 4.74 Å². The first-order valence-electron chi connectivity index (χ1n) is 3.35. The summed E-state index contributed by atoms with van der Waals surface area (Å²) in [5, 5.41) is 0. The molecule has 0 N–H and O–H groups in total. The first-order valence-corrected chi connectivity index (χ1v) is 4.96. The Balaban J connectivity index is 3.02. The highest BCUT2D eigenvalue weighted by Gasteiger charge is 2.12. The van der Waals surface area contributed by atoms with Gasteiger partial charge in [-0.25, -0.2) is 0 Å². The summed E-state index contributed by atoms with van der Waals surface area (Å²) in [4.78, 5) is 5.36. The van der Waals surface area contributed by atoms with Gasteiger partial charge < -0.3 is 4.74 Å². The van der Waals surface area contributed by atoms with Gasteiger partial charge in [-0.15, -0.1) is 11.3 Å². The van der Waals surface area contributed by atoms with E-state index in [4.69, 9.17) is 4.74 Å². The number of hydrogen-bond acceptors (Lipinski definition) is 3. The van der Waals surface area contributed by atoms with E-state index in [1.165, 1.54) is 4.88 Å². The predicted molar refractivity (Wildman–Crippen MR) is 50.5 cm³/mol. The Morgan fingerprint density at radius 3 is 2.55 bits per heavy atom. The summed E-state index contributed by atoms with van der Waals surface area (Å²) >= 11 is 4.95. The highest BCUT2D eigenvalue weighted by Crippen LogP contribution is 2.34. The number of nitrogens with zero attached hydrogens (tertiary/aromatic N) is 1. The van der Waals surface area contributed by atoms with Gasteiger partial charge in [0.2, 0.25) is 5.88 Å². The van der Waals surface area contributed by atoms with Gasteiger partial charge >= 0.3 is 0 Å². The molecule has 0 spiro atoms. The standard InChI is InChI=1S/C7H10BrNOS/c1-4(2)5-6(10-3)9-7(8)11-5/h4H,1-3H3. The van der Waals surface area contributed by atoms with Crippen LogP contribution in [-0.2, 0) is 0 Å². The van der Waals surface area contributed by atoms with Crippen molar-refractivity contribution in [3.8, 4) is 5.88 Å². The summed E-state index contributed by atoms with van der Waals surface area (Å²) in [5.74, 6) is 1.23. The van der Waals surface area contributed by atoms with Crippen molar-refractivity contribution in [2.24, 2.45) is 0 Å². The normalized spacial score (nSPS) is 10.6. The topological polar surface area (TPSA) is 22.1 Å². The second kappa shape index (κ2) is 3.54. The molecule has 62 valence electrons. The maximum Gasteiger partial charge on any atom is 0.228 e. The fourth-order valence-corrected chi connectivity index (χ4v) is 2.25. The predicted octanol–water partition coefficient (Wildman–Crippen LogP) is 3.04. The lowest BCUT2D eigenvalue weighted by Gasteiger charge is -2.01. The minimum atomic E-state index is 0.480. The van der Waals surface area contributed by atoms with Crippen molar-refractivity contribution in [2.45, 2.75) is 19.8 Å². The van der Waals surface area contributed by atoms with Crippen LogP contribution < -0.4 is 4.74 Å². The zero-order chi connectivity index (χ0) is 8.43. The fourth-order valence-electron chi connectivity index (χ4n) is 0.803. The van der Waals surface area contributed by atoms with E-state index in [0.29, 0.717) is 5.92 Å². The molecule has 2 nitrogen and oxygen atoms in total. The van der Waals surface area contributed by atoms with Crippen molar-refractivity contribution in [1.82, 2.24) is 4.98 Å². The van der Waals surface area contributed by atoms with Crippen molar-refractivity contribution in [3.63, 3.8) is 0 Å². The Labute approximate surface area is 78.7 Å². The van der Waals surface area contributed by atoms with Crippen LogP contribution in [0.15, 0.2) is 3.92 Å². The van der Waals surface area contributed by atoms with Crippen molar-refractivity contribution in [2.75, 3.05) is 7.11 Å². The molecule has 0 aliphatic heterocycles. The van der Waals surface area contributed by atoms with Gasteiger partial charge in [0, 0.05) is 0 Å². The second-order valence-electron chi connectivity index (χ2n) is 2.50. The molecule has 1 heterocycles. The minimum Gasteiger partial charge on any atom is -0.480 e. The molecule has 0 bridgehead atoms. The third kappa shape index (κ3) is 1.93. The van der Waals surface area contributed by atoms with Crippen molar-refractivity contribution in [1.29, 1.82) is 0 Å². The van der Waals surface area contributed by atoms with Crippen LogP contribution in [0.25, 0.3) is 0 Å². The molecule has 0 fully saturated rings. The van der Waals surface area contributed by atoms with Crippen LogP contribution in [0.1, 0.15) is 24.6 Å². The molecule has 0 amide bonds. The Hall–Kier alpha value is -0.0900. The molecule has 0 saturated carbocycles. The number of thiazole rings is 1. The van der Waals surface area contributed by atoms with Gasteiger partial charge in [-0.2, -0.15) is 4.98 Å². The van der Waals surface area contributed by atoms with Crippen molar-refractivity contribution >= 4 is 27.3 Å². The van der Waals surface area contributed by atoms with E-state index in [1.54, 1.807) is 18.4 Å². The summed E-state index contributed by atoms with van der Waals surface area (Å²) < 4.78 is 5.98. The van der Waals surface area contributed by atoms with Crippen LogP contribution >= 0.6 is 27.3 Å². The molecular weight excluding hydrogens is 226 g/mol. The lowest BCUT2D eigenvalue weighted by Crippen LogP contribution is -1.89. The molecule has 0 aliphatic rings. The van der Waals surface area contributed by atoms with E-state index in [1.807, 2.05) is 0 Å². The van der Waals surface area contributed by atoms with Crippen LogP contribution in [0.4, 0.5) is 0 Å². The molecule has 0 atom stereocenters. The van der Waals surface area contributed by atoms with E-state index in [9.17, 15) is 0 Å². The molecule has 0 aromatic carbocycles. The van der Waals surface area contributed by atoms with Crippen LogP contribution in [0, 0.1) is 0 Å². The third-order valence-electron chi connectivity index (χ3n) is 1.31. The van der Waals surface area contributed by atoms with Gasteiger partial charge in [-0.3, -0.25) is 0 Å². The molecule has 1 aromatic rings. The van der Waals surface area contributed by atoms with Gasteiger partial charge in [0.05, 0.1) is 12.0 Å². The number of rotatable bonds is 2. The van der Waals surface area contributed by atoms with E-state index < -0.39 is 0 Å². The first kappa shape index (κ1) is 9.00. The van der Waals surface area contributed by atoms with E-state index in [2.05, 4.69) is 34.8 Å². The van der Waals surface area contributed by atoms with Gasteiger partial charge in [0.1, 0.15) is 0 Å². The van der Waals surface area contributed by atoms with Crippen LogP contribution in [0.5, 0.6) is 5.88 Å². The average Bonchev–Trinajstić information content (AvgIpc) is 2.30. The van der Waals surface area contributed by atoms with Crippen LogP contribution in [0.3, 0.4) is 0 Å². The zero-order valence-electron chi connectivity index (χ0n) is 6.72. The number of hydrogen-bond donors (Lipinski definition) is 0. The monoisotopic (exact) mass is 235 g/mol. The first-order chi connectivity index (χ1) is 5.15. The Bertz CT molecular complexity index is 247. The summed E-state index contributed by atoms with van der Waals surface area (Å²) in [5.41, 5.74) is 0. The molecule has 0 radical (unpaired) electrons. The summed E-state index contributed by atoms with van der Waals surface area (Å²) in [7, 11) is 1.65. The summed E-state index contributed by atoms with van der Waals surface area (Å²) in [6, 6.07) is 0. The lowest BCUT2D eigenvalue weighted by atomic mass is 10.2. The molecule has 0 saturated heterocycles. The molecule has 0 aliphatic carbocycles. The summed E-state index contributed by atoms with van der Waals surface area (Å²) in [6.45, 7) is 4.25. The molecule has 1 rings (SSSR count). The summed E-state index contributed by atoms with van der Waals surface area (Å²) in [6.07, 6.45) is 0. The zero-order valence-corrected chi connectivity index (χ0v) is 9.12. The van der Waals surface area contributed by atoms with E-state index in [-0.39, 0.29) is 0 Å². The molecule has 0 unspecified atom stereocenters. The molecule has 1 aromatic heterocycles. The minimum absolute atomic E-state index is 0.480. The largest absolute Gasteiger partial charge is 0.480 e. The second-order valence-corrected chi connectivity index (χ2v) is 4.80. The highest BCUT2D eigenvalue weighted by atomic mass is 79.9. The van der Waals surface area contributed by atoms with Crippen LogP contribution in [0.2, 0.25) is 0 Å². The Morgan fingerprint density at radius 1 is 1.55 bits per heavy atom.